The number of hydrogen-bond acceptors (Lipinski definition) is 3. The van der Waals surface area contributed by atoms with Gasteiger partial charge in [-0.1, -0.05) is 59.6 Å². The molecule has 1 atom stereocenters. The fourth-order valence-corrected chi connectivity index (χ4v) is 2.59. The molecule has 0 aliphatic heterocycles. The summed E-state index contributed by atoms with van der Waals surface area (Å²) in [6, 6.07) is 0. The third-order valence-corrected chi connectivity index (χ3v) is 4.55. The Kier molecular flexibility index (Phi) is 6.39. The number of nitrogens with zero attached hydrogens (tertiary/aromatic N) is 3. The standard InChI is InChI=1S/C17H33N3O/c1-7-17(21,16(4,5)6)13-20-15(12-18-19-20)11-9-8-10-14(2)3/h12,14,21H,7-11,13H2,1-6H3. The lowest BCUT2D eigenvalue weighted by atomic mass is 9.74. The Morgan fingerprint density at radius 2 is 1.90 bits per heavy atom. The minimum absolute atomic E-state index is 0.178. The second-order valence-electron chi connectivity index (χ2n) is 7.66. The van der Waals surface area contributed by atoms with Crippen LogP contribution >= 0.6 is 0 Å². The van der Waals surface area contributed by atoms with E-state index in [1.54, 1.807) is 0 Å². The van der Waals surface area contributed by atoms with Gasteiger partial charge < -0.3 is 5.11 Å². The zero-order valence-electron chi connectivity index (χ0n) is 14.7. The smallest absolute Gasteiger partial charge is 0.0888 e. The van der Waals surface area contributed by atoms with Crippen molar-refractivity contribution in [2.45, 2.75) is 85.8 Å². The van der Waals surface area contributed by atoms with Crippen LogP contribution in [-0.2, 0) is 13.0 Å². The van der Waals surface area contributed by atoms with Crippen LogP contribution in [0.25, 0.3) is 0 Å². The van der Waals surface area contributed by atoms with Gasteiger partial charge in [-0.2, -0.15) is 0 Å². The molecule has 122 valence electrons. The SMILES string of the molecule is CCC(O)(Cn1nncc1CCCCC(C)C)C(C)(C)C. The number of hydrogen-bond donors (Lipinski definition) is 1. The van der Waals surface area contributed by atoms with Crippen LogP contribution in [0.1, 0.15) is 72.9 Å². The van der Waals surface area contributed by atoms with Crippen LogP contribution < -0.4 is 0 Å². The van der Waals surface area contributed by atoms with Crippen molar-refractivity contribution in [2.24, 2.45) is 11.3 Å². The van der Waals surface area contributed by atoms with Gasteiger partial charge in [-0.3, -0.25) is 0 Å². The molecule has 0 aliphatic carbocycles. The molecule has 1 heterocycles. The Balaban J connectivity index is 2.67. The number of aliphatic hydroxyl groups is 1. The summed E-state index contributed by atoms with van der Waals surface area (Å²) in [6.07, 6.45) is 7.20. The first kappa shape index (κ1) is 18.1. The van der Waals surface area contributed by atoms with Crippen molar-refractivity contribution in [1.82, 2.24) is 15.0 Å². The third-order valence-electron chi connectivity index (χ3n) is 4.55. The topological polar surface area (TPSA) is 50.9 Å². The average molecular weight is 295 g/mol. The number of rotatable bonds is 8. The molecule has 0 saturated heterocycles. The Labute approximate surface area is 129 Å². The quantitative estimate of drug-likeness (QED) is 0.741. The molecule has 1 rings (SSSR count). The molecule has 0 aromatic carbocycles. The van der Waals surface area contributed by atoms with E-state index < -0.39 is 5.60 Å². The first-order chi connectivity index (χ1) is 9.69. The van der Waals surface area contributed by atoms with Gasteiger partial charge in [-0.25, -0.2) is 4.68 Å². The molecule has 4 nitrogen and oxygen atoms in total. The summed E-state index contributed by atoms with van der Waals surface area (Å²) in [4.78, 5) is 0. The molecule has 0 radical (unpaired) electrons. The molecule has 21 heavy (non-hydrogen) atoms. The number of unbranched alkanes of at least 4 members (excludes halogenated alkanes) is 1. The van der Waals surface area contributed by atoms with Crippen molar-refractivity contribution in [3.8, 4) is 0 Å². The molecule has 1 aromatic heterocycles. The minimum Gasteiger partial charge on any atom is -0.387 e. The Morgan fingerprint density at radius 1 is 1.24 bits per heavy atom. The van der Waals surface area contributed by atoms with Gasteiger partial charge in [0.15, 0.2) is 0 Å². The molecule has 0 bridgehead atoms. The molecule has 0 aliphatic rings. The van der Waals surface area contributed by atoms with Gasteiger partial charge in [0.2, 0.25) is 0 Å². The van der Waals surface area contributed by atoms with E-state index in [0.717, 1.165) is 24.5 Å². The van der Waals surface area contributed by atoms with Crippen molar-refractivity contribution in [1.29, 1.82) is 0 Å². The molecule has 0 fully saturated rings. The highest BCUT2D eigenvalue weighted by Gasteiger charge is 2.39. The molecule has 1 unspecified atom stereocenters. The summed E-state index contributed by atoms with van der Waals surface area (Å²) in [5, 5.41) is 19.1. The zero-order chi connectivity index (χ0) is 16.1. The van der Waals surface area contributed by atoms with Gasteiger partial charge in [-0.05, 0) is 30.6 Å². The summed E-state index contributed by atoms with van der Waals surface area (Å²) in [6.45, 7) is 13.3. The van der Waals surface area contributed by atoms with Crippen molar-refractivity contribution >= 4 is 0 Å². The van der Waals surface area contributed by atoms with E-state index in [1.165, 1.54) is 12.8 Å². The summed E-state index contributed by atoms with van der Waals surface area (Å²) in [5.41, 5.74) is 0.200. The number of aryl methyl sites for hydroxylation is 1. The monoisotopic (exact) mass is 295 g/mol. The molecule has 0 spiro atoms. The summed E-state index contributed by atoms with van der Waals surface area (Å²) >= 11 is 0. The average Bonchev–Trinajstić information content (AvgIpc) is 2.80. The molecule has 0 saturated carbocycles. The van der Waals surface area contributed by atoms with E-state index in [-0.39, 0.29) is 5.41 Å². The van der Waals surface area contributed by atoms with Crippen LogP contribution in [0.15, 0.2) is 6.20 Å². The highest BCUT2D eigenvalue weighted by molar-refractivity contribution is 4.98. The van der Waals surface area contributed by atoms with Gasteiger partial charge in [-0.15, -0.1) is 5.10 Å². The van der Waals surface area contributed by atoms with Crippen LogP contribution in [0.2, 0.25) is 0 Å². The van der Waals surface area contributed by atoms with E-state index in [0.29, 0.717) is 13.0 Å². The van der Waals surface area contributed by atoms with Gasteiger partial charge >= 0.3 is 0 Å². The molecular weight excluding hydrogens is 262 g/mol. The first-order valence-electron chi connectivity index (χ1n) is 8.29. The van der Waals surface area contributed by atoms with Crippen LogP contribution in [0.3, 0.4) is 0 Å². The van der Waals surface area contributed by atoms with Crippen molar-refractivity contribution in [3.63, 3.8) is 0 Å². The van der Waals surface area contributed by atoms with Crippen molar-refractivity contribution < 1.29 is 5.11 Å². The summed E-state index contributed by atoms with van der Waals surface area (Å²) in [5.74, 6) is 0.763. The highest BCUT2D eigenvalue weighted by Crippen LogP contribution is 2.34. The lowest BCUT2D eigenvalue weighted by Gasteiger charge is -2.39. The van der Waals surface area contributed by atoms with E-state index >= 15 is 0 Å². The first-order valence-corrected chi connectivity index (χ1v) is 8.29. The largest absolute Gasteiger partial charge is 0.387 e. The van der Waals surface area contributed by atoms with E-state index in [1.807, 2.05) is 17.8 Å². The second kappa shape index (κ2) is 7.39. The third kappa shape index (κ3) is 5.10. The number of aromatic nitrogens is 3. The molecule has 1 N–H and O–H groups in total. The van der Waals surface area contributed by atoms with Crippen molar-refractivity contribution in [3.05, 3.63) is 11.9 Å². The van der Waals surface area contributed by atoms with E-state index in [9.17, 15) is 5.11 Å². The van der Waals surface area contributed by atoms with E-state index in [2.05, 4.69) is 44.9 Å². The van der Waals surface area contributed by atoms with Gasteiger partial charge in [0.1, 0.15) is 0 Å². The maximum atomic E-state index is 10.9. The van der Waals surface area contributed by atoms with Gasteiger partial charge in [0.25, 0.3) is 0 Å². The highest BCUT2D eigenvalue weighted by atomic mass is 16.3. The predicted molar refractivity (Wildman–Crippen MR) is 87.1 cm³/mol. The lowest BCUT2D eigenvalue weighted by Crippen LogP contribution is -2.46. The fraction of sp³-hybridized carbons (Fsp3) is 0.882. The van der Waals surface area contributed by atoms with Crippen LogP contribution in [0, 0.1) is 11.3 Å². The van der Waals surface area contributed by atoms with Crippen LogP contribution in [0.4, 0.5) is 0 Å². The summed E-state index contributed by atoms with van der Waals surface area (Å²) in [7, 11) is 0. The van der Waals surface area contributed by atoms with E-state index in [4.69, 9.17) is 0 Å². The normalized spacial score (nSPS) is 15.4. The maximum Gasteiger partial charge on any atom is 0.0888 e. The van der Waals surface area contributed by atoms with Gasteiger partial charge in [0.05, 0.1) is 24.0 Å². The van der Waals surface area contributed by atoms with Gasteiger partial charge in [0, 0.05) is 0 Å². The molecule has 0 amide bonds. The maximum absolute atomic E-state index is 10.9. The lowest BCUT2D eigenvalue weighted by molar-refractivity contribution is -0.0770. The Hall–Kier alpha value is -0.900. The fourth-order valence-electron chi connectivity index (χ4n) is 2.59. The second-order valence-corrected chi connectivity index (χ2v) is 7.66. The Morgan fingerprint density at radius 3 is 2.43 bits per heavy atom. The van der Waals surface area contributed by atoms with Crippen LogP contribution in [-0.4, -0.2) is 25.7 Å². The zero-order valence-corrected chi connectivity index (χ0v) is 14.7. The Bertz CT molecular complexity index is 420. The molecule has 4 heteroatoms. The van der Waals surface area contributed by atoms with Crippen LogP contribution in [0.5, 0.6) is 0 Å². The minimum atomic E-state index is -0.757. The van der Waals surface area contributed by atoms with Crippen molar-refractivity contribution in [2.75, 3.05) is 0 Å². The summed E-state index contributed by atoms with van der Waals surface area (Å²) < 4.78 is 1.89. The molecule has 1 aromatic rings. The molecular formula is C17H33N3O. The predicted octanol–water partition coefficient (Wildman–Crippen LogP) is 3.83.